The molecule has 0 saturated carbocycles. The minimum absolute atomic E-state index is 0.0734. The minimum Gasteiger partial charge on any atom is -0.480 e. The molecular formula is C77H135N13O18. The fraction of sp³-hybridized carbons (Fsp3) is 0.792. The molecule has 0 aromatic heterocycles. The number of benzene rings is 1. The Balaban J connectivity index is 1.51. The number of unbranched alkanes of at least 4 members (excludes halogenated alkanes) is 1. The fourth-order valence-corrected chi connectivity index (χ4v) is 12.7. The van der Waals surface area contributed by atoms with Gasteiger partial charge in [-0.2, -0.15) is 0 Å². The second-order valence-corrected chi connectivity index (χ2v) is 33.6. The summed E-state index contributed by atoms with van der Waals surface area (Å²) < 4.78 is 29.4. The Hall–Kier alpha value is -7.16. The van der Waals surface area contributed by atoms with Crippen LogP contribution in [0.1, 0.15) is 173 Å². The molecule has 0 bridgehead atoms. The van der Waals surface area contributed by atoms with Gasteiger partial charge in [-0.3, -0.25) is 48.6 Å². The molecule has 1 aromatic carbocycles. The number of rotatable bonds is 21. The summed E-state index contributed by atoms with van der Waals surface area (Å²) in [6.45, 7) is 37.6. The Bertz CT molecular complexity index is 2950. The van der Waals surface area contributed by atoms with Gasteiger partial charge in [0.15, 0.2) is 0 Å². The molecule has 3 aliphatic rings. The number of carboxylic acids is 3. The van der Waals surface area contributed by atoms with Crippen LogP contribution in [0.3, 0.4) is 0 Å². The van der Waals surface area contributed by atoms with Crippen LogP contribution in [-0.4, -0.2) is 359 Å². The van der Waals surface area contributed by atoms with Crippen molar-refractivity contribution in [2.75, 3.05) is 190 Å². The molecule has 31 heteroatoms. The molecule has 1 atom stereocenters. The third-order valence-electron chi connectivity index (χ3n) is 18.1. The summed E-state index contributed by atoms with van der Waals surface area (Å²) in [4.78, 5) is 153. The van der Waals surface area contributed by atoms with Gasteiger partial charge >= 0.3 is 48.4 Å². The van der Waals surface area contributed by atoms with Crippen LogP contribution < -0.4 is 5.32 Å². The van der Waals surface area contributed by atoms with Crippen molar-refractivity contribution in [3.63, 3.8) is 0 Å². The van der Waals surface area contributed by atoms with Gasteiger partial charge in [0.25, 0.3) is 0 Å². The number of aliphatic carboxylic acids is 3. The summed E-state index contributed by atoms with van der Waals surface area (Å²) in [5, 5.41) is 32.8. The van der Waals surface area contributed by atoms with E-state index >= 15 is 0 Å². The van der Waals surface area contributed by atoms with E-state index in [1.807, 2.05) is 88.0 Å². The van der Waals surface area contributed by atoms with Crippen LogP contribution in [-0.2, 0) is 60.7 Å². The van der Waals surface area contributed by atoms with E-state index < -0.39 is 82.4 Å². The number of carbonyl (C=O) groups excluding carboxylic acids is 7. The molecule has 3 aliphatic heterocycles. The van der Waals surface area contributed by atoms with Crippen molar-refractivity contribution in [2.45, 2.75) is 209 Å². The molecule has 616 valence electrons. The monoisotopic (exact) mass is 1530 g/mol. The Morgan fingerprint density at radius 2 is 0.694 bits per heavy atom. The van der Waals surface area contributed by atoms with Gasteiger partial charge in [0.1, 0.15) is 40.3 Å². The fourth-order valence-electron chi connectivity index (χ4n) is 12.7. The summed E-state index contributed by atoms with van der Waals surface area (Å²) in [7, 11) is 0. The largest absolute Gasteiger partial charge is 0.480 e. The van der Waals surface area contributed by atoms with Gasteiger partial charge in [-0.1, -0.05) is 24.3 Å². The Labute approximate surface area is 643 Å². The van der Waals surface area contributed by atoms with Crippen LogP contribution in [0.2, 0.25) is 0 Å². The molecule has 3 saturated heterocycles. The van der Waals surface area contributed by atoms with Crippen molar-refractivity contribution in [2.24, 2.45) is 0 Å². The highest BCUT2D eigenvalue weighted by Gasteiger charge is 2.33. The standard InChI is InChI=1S/C77H135N13O18/c1-73(2,3)104-68(99)86-35-21-36-87(69(100)105-74(4,5)6)51-46-81(32-19-31-79(44-50-86)30-17-16-24-64(92)78-29-18-23-63(67(97)98)85-48-43-80(55-56-91)39-40-83(59-65(93)94)41-42-84(45-49-85)60-66(95)96)57-61-25-27-62(28-26-61)58-82-33-20-34-89(71(102)107-76(10,11)12)53-54-90(72(103)108-77(13,14)15)38-22-37-88(52-47-82)70(101)106-75(7,8)9/h25-28,56,63H,16-24,29-55,57-60H2,1-15H3,(H,78,92)(H,93,94)(H,95,96)(H,97,98). The van der Waals surface area contributed by atoms with Crippen LogP contribution in [0.4, 0.5) is 24.0 Å². The van der Waals surface area contributed by atoms with Crippen molar-refractivity contribution in [1.29, 1.82) is 0 Å². The first kappa shape index (κ1) is 93.2. The van der Waals surface area contributed by atoms with Gasteiger partial charge in [0.05, 0.1) is 19.6 Å². The predicted molar refractivity (Wildman–Crippen MR) is 411 cm³/mol. The molecular weight excluding hydrogens is 1390 g/mol. The third-order valence-corrected chi connectivity index (χ3v) is 18.1. The van der Waals surface area contributed by atoms with E-state index in [-0.39, 0.29) is 97.3 Å². The number of hydrogen-bond acceptors (Lipinski definition) is 22. The highest BCUT2D eigenvalue weighted by Crippen LogP contribution is 2.21. The molecule has 31 nitrogen and oxygen atoms in total. The first-order chi connectivity index (χ1) is 50.5. The van der Waals surface area contributed by atoms with E-state index in [1.54, 1.807) is 60.0 Å². The van der Waals surface area contributed by atoms with Crippen LogP contribution in [0.15, 0.2) is 24.3 Å². The van der Waals surface area contributed by atoms with Crippen molar-refractivity contribution >= 4 is 60.6 Å². The molecule has 108 heavy (non-hydrogen) atoms. The Morgan fingerprint density at radius 1 is 0.389 bits per heavy atom. The van der Waals surface area contributed by atoms with E-state index in [1.165, 1.54) is 0 Å². The van der Waals surface area contributed by atoms with Crippen LogP contribution in [0.25, 0.3) is 0 Å². The number of aldehydes is 1. The number of amides is 6. The lowest BCUT2D eigenvalue weighted by atomic mass is 10.1. The summed E-state index contributed by atoms with van der Waals surface area (Å²) in [6.07, 6.45) is 2.66. The van der Waals surface area contributed by atoms with Crippen LogP contribution >= 0.6 is 0 Å². The average Bonchev–Trinajstić information content (AvgIpc) is 0.873. The van der Waals surface area contributed by atoms with Gasteiger partial charge in [-0.25, -0.2) is 24.0 Å². The van der Waals surface area contributed by atoms with E-state index in [2.05, 4.69) is 44.3 Å². The maximum atomic E-state index is 14.0. The Kier molecular flexibility index (Phi) is 39.6. The first-order valence-corrected chi connectivity index (χ1v) is 38.9. The summed E-state index contributed by atoms with van der Waals surface area (Å²) in [5.41, 5.74) is -1.62. The number of carboxylic acid groups (broad SMARTS) is 3. The maximum Gasteiger partial charge on any atom is 0.410 e. The summed E-state index contributed by atoms with van der Waals surface area (Å²) in [5.74, 6) is -3.32. The van der Waals surface area contributed by atoms with Crippen LogP contribution in [0, 0.1) is 0 Å². The zero-order chi connectivity index (χ0) is 80.4. The van der Waals surface area contributed by atoms with Crippen molar-refractivity contribution in [3.05, 3.63) is 35.4 Å². The van der Waals surface area contributed by atoms with Crippen LogP contribution in [0.5, 0.6) is 0 Å². The number of carbonyl (C=O) groups is 10. The molecule has 3 fully saturated rings. The van der Waals surface area contributed by atoms with Gasteiger partial charge < -0.3 is 78.5 Å². The first-order valence-electron chi connectivity index (χ1n) is 38.9. The topological polar surface area (TPSA) is 328 Å². The van der Waals surface area contributed by atoms with Crippen molar-refractivity contribution < 1.29 is 86.9 Å². The second kappa shape index (κ2) is 45.9. The summed E-state index contributed by atoms with van der Waals surface area (Å²) >= 11 is 0. The molecule has 1 aromatic rings. The van der Waals surface area contributed by atoms with Crippen molar-refractivity contribution in [3.8, 4) is 0 Å². The third kappa shape index (κ3) is 40.5. The molecule has 1 unspecified atom stereocenters. The quantitative estimate of drug-likeness (QED) is 0.0526. The normalized spacial score (nSPS) is 18.8. The van der Waals surface area contributed by atoms with Gasteiger partial charge in [-0.15, -0.1) is 0 Å². The second-order valence-electron chi connectivity index (χ2n) is 33.6. The minimum atomic E-state index is -1.06. The van der Waals surface area contributed by atoms with E-state index in [0.717, 1.165) is 23.8 Å². The molecule has 0 spiro atoms. The highest BCUT2D eigenvalue weighted by atomic mass is 16.6. The molecule has 0 aliphatic carbocycles. The van der Waals surface area contributed by atoms with Gasteiger partial charge in [0, 0.05) is 170 Å². The van der Waals surface area contributed by atoms with E-state index in [9.17, 15) is 63.3 Å². The van der Waals surface area contributed by atoms with Gasteiger partial charge in [-0.05, 0) is 186 Å². The molecule has 3 heterocycles. The lowest BCUT2D eigenvalue weighted by molar-refractivity contribution is -0.144. The van der Waals surface area contributed by atoms with Crippen molar-refractivity contribution in [1.82, 2.24) is 64.1 Å². The molecule has 4 rings (SSSR count). The number of ether oxygens (including phenoxy) is 5. The predicted octanol–water partition coefficient (Wildman–Crippen LogP) is 7.48. The highest BCUT2D eigenvalue weighted by molar-refractivity contribution is 5.76. The number of nitrogens with one attached hydrogen (secondary N) is 1. The molecule has 0 radical (unpaired) electrons. The maximum absolute atomic E-state index is 14.0. The zero-order valence-corrected chi connectivity index (χ0v) is 68.1. The average molecular weight is 1530 g/mol. The lowest BCUT2D eigenvalue weighted by Crippen LogP contribution is -2.51. The number of hydrogen-bond donors (Lipinski definition) is 4. The molecule has 4 N–H and O–H groups in total. The molecule has 6 amide bonds. The zero-order valence-electron chi connectivity index (χ0n) is 68.1. The van der Waals surface area contributed by atoms with E-state index in [4.69, 9.17) is 23.7 Å². The van der Waals surface area contributed by atoms with E-state index in [0.29, 0.717) is 163 Å². The van der Waals surface area contributed by atoms with Gasteiger partial charge in [0.2, 0.25) is 5.91 Å². The Morgan fingerprint density at radius 3 is 1.05 bits per heavy atom. The number of nitrogens with zero attached hydrogens (tertiary/aromatic N) is 12. The lowest BCUT2D eigenvalue weighted by Gasteiger charge is -2.35. The summed E-state index contributed by atoms with van der Waals surface area (Å²) in [6, 6.07) is 7.52. The SMILES string of the molecule is CC(C)(C)OC(=O)N1CCCN(C(=O)OC(C)(C)C)CCN(Cc2ccc(CN3CCCN(C(=O)OC(C)(C)C)CCN(C(=O)OC(C)(C)C)CCCN(C(=O)OC(C)(C)C)CC3)cc2)CCCN(CCCCC(=O)NCCCC(C(=O)O)N2CCN(CC=O)CCN(CC(=O)O)CCN(CC(=O)O)CC2)CC1. The smallest absolute Gasteiger partial charge is 0.410 e.